The van der Waals surface area contributed by atoms with Crippen LogP contribution in [0.4, 0.5) is 0 Å². The van der Waals surface area contributed by atoms with Gasteiger partial charge in [-0.2, -0.15) is 11.8 Å². The lowest BCUT2D eigenvalue weighted by Gasteiger charge is -2.07. The predicted octanol–water partition coefficient (Wildman–Crippen LogP) is 0.732. The Bertz CT molecular complexity index is 541. The number of carboxylic acids is 1. The maximum absolute atomic E-state index is 11.8. The zero-order valence-electron chi connectivity index (χ0n) is 9.58. The molecule has 0 atom stereocenters. The first kappa shape index (κ1) is 14.8. The minimum atomic E-state index is -3.74. The van der Waals surface area contributed by atoms with Gasteiger partial charge in [-0.05, 0) is 24.5 Å². The molecule has 3 N–H and O–H groups in total. The summed E-state index contributed by atoms with van der Waals surface area (Å²) in [6, 6.07) is 3.13. The lowest BCUT2D eigenvalue weighted by molar-refractivity contribution is 0.0693. The van der Waals surface area contributed by atoms with E-state index in [0.717, 1.165) is 18.2 Å². The topological polar surface area (TPSA) is 104 Å². The molecule has 18 heavy (non-hydrogen) atoms. The summed E-state index contributed by atoms with van der Waals surface area (Å²) in [5.74, 6) is -1.23. The molecule has 0 amide bonds. The molecule has 0 saturated carbocycles. The molecule has 0 fully saturated rings. The maximum Gasteiger partial charge on any atom is 0.339 e. The molecule has 0 radical (unpaired) electrons. The number of carboxylic acid groups (broad SMARTS) is 1. The third kappa shape index (κ3) is 3.62. The summed E-state index contributed by atoms with van der Waals surface area (Å²) < 4.78 is 25.9. The molecule has 0 aliphatic rings. The summed E-state index contributed by atoms with van der Waals surface area (Å²) in [5, 5.41) is 18.1. The van der Waals surface area contributed by atoms with Gasteiger partial charge in [-0.1, -0.05) is 0 Å². The van der Waals surface area contributed by atoms with Crippen molar-refractivity contribution in [3.63, 3.8) is 0 Å². The van der Waals surface area contributed by atoms with Gasteiger partial charge in [0, 0.05) is 12.3 Å². The summed E-state index contributed by atoms with van der Waals surface area (Å²) in [6.07, 6.45) is 1.84. The molecule has 0 aliphatic carbocycles. The van der Waals surface area contributed by atoms with Crippen LogP contribution in [0.15, 0.2) is 23.1 Å². The lowest BCUT2D eigenvalue weighted by atomic mass is 10.2. The molecule has 1 aromatic carbocycles. The van der Waals surface area contributed by atoms with E-state index in [4.69, 9.17) is 5.11 Å². The summed E-state index contributed by atoms with van der Waals surface area (Å²) in [5.41, 5.74) is -0.442. The van der Waals surface area contributed by atoms with Crippen molar-refractivity contribution in [3.05, 3.63) is 23.8 Å². The molecule has 0 spiro atoms. The van der Waals surface area contributed by atoms with E-state index in [0.29, 0.717) is 5.75 Å². The monoisotopic (exact) mass is 291 g/mol. The van der Waals surface area contributed by atoms with Gasteiger partial charge in [0.15, 0.2) is 0 Å². The minimum absolute atomic E-state index is 0.182. The largest absolute Gasteiger partial charge is 0.507 e. The molecule has 1 aromatic rings. The second kappa shape index (κ2) is 6.07. The summed E-state index contributed by atoms with van der Waals surface area (Å²) in [4.78, 5) is 10.6. The highest BCUT2D eigenvalue weighted by molar-refractivity contribution is 7.98. The number of hydrogen-bond acceptors (Lipinski definition) is 5. The second-order valence-electron chi connectivity index (χ2n) is 3.37. The molecule has 0 saturated heterocycles. The van der Waals surface area contributed by atoms with E-state index in [1.807, 2.05) is 6.26 Å². The van der Waals surface area contributed by atoms with Crippen LogP contribution in [0, 0.1) is 0 Å². The summed E-state index contributed by atoms with van der Waals surface area (Å²) in [7, 11) is -3.74. The van der Waals surface area contributed by atoms with Crippen molar-refractivity contribution in [1.82, 2.24) is 4.72 Å². The fraction of sp³-hybridized carbons (Fsp3) is 0.300. The van der Waals surface area contributed by atoms with Crippen LogP contribution in [0.2, 0.25) is 0 Å². The highest BCUT2D eigenvalue weighted by Crippen LogP contribution is 2.21. The molecular formula is C10H13NO5S2. The maximum atomic E-state index is 11.8. The third-order valence-corrected chi connectivity index (χ3v) is 4.18. The van der Waals surface area contributed by atoms with E-state index in [-0.39, 0.29) is 11.4 Å². The number of phenols is 1. The molecule has 0 aliphatic heterocycles. The molecule has 1 rings (SSSR count). The van der Waals surface area contributed by atoms with Gasteiger partial charge in [0.25, 0.3) is 0 Å². The number of nitrogens with one attached hydrogen (secondary N) is 1. The Hall–Kier alpha value is -1.25. The number of carbonyl (C=O) groups is 1. The van der Waals surface area contributed by atoms with Crippen molar-refractivity contribution >= 4 is 27.8 Å². The Morgan fingerprint density at radius 2 is 2.11 bits per heavy atom. The summed E-state index contributed by atoms with van der Waals surface area (Å²) in [6.45, 7) is 0.257. The number of aromatic carboxylic acids is 1. The molecule has 0 unspecified atom stereocenters. The Labute approximate surface area is 109 Å². The number of benzene rings is 1. The van der Waals surface area contributed by atoms with E-state index in [9.17, 15) is 18.3 Å². The normalized spacial score (nSPS) is 11.4. The number of sulfonamides is 1. The molecule has 6 nitrogen and oxygen atoms in total. The van der Waals surface area contributed by atoms with Crippen molar-refractivity contribution in [2.45, 2.75) is 4.90 Å². The van der Waals surface area contributed by atoms with Gasteiger partial charge >= 0.3 is 5.97 Å². The number of rotatable bonds is 6. The molecule has 8 heteroatoms. The van der Waals surface area contributed by atoms with Crippen molar-refractivity contribution in [3.8, 4) is 5.75 Å². The Morgan fingerprint density at radius 3 is 2.67 bits per heavy atom. The first-order valence-corrected chi connectivity index (χ1v) is 7.81. The van der Waals surface area contributed by atoms with E-state index in [1.165, 1.54) is 11.8 Å². The molecule has 0 aromatic heterocycles. The van der Waals surface area contributed by atoms with Crippen LogP contribution >= 0.6 is 11.8 Å². The van der Waals surface area contributed by atoms with Crippen LogP contribution < -0.4 is 4.72 Å². The average Bonchev–Trinajstić information content (AvgIpc) is 2.29. The fourth-order valence-electron chi connectivity index (χ4n) is 1.22. The Balaban J connectivity index is 3.02. The lowest BCUT2D eigenvalue weighted by Crippen LogP contribution is -2.26. The van der Waals surface area contributed by atoms with Gasteiger partial charge < -0.3 is 10.2 Å². The number of hydrogen-bond donors (Lipinski definition) is 3. The van der Waals surface area contributed by atoms with Crippen LogP contribution in [0.25, 0.3) is 0 Å². The first-order chi connectivity index (χ1) is 8.38. The van der Waals surface area contributed by atoms with Gasteiger partial charge in [0.05, 0.1) is 4.90 Å². The third-order valence-electron chi connectivity index (χ3n) is 2.11. The minimum Gasteiger partial charge on any atom is -0.507 e. The molecule has 0 heterocycles. The van der Waals surface area contributed by atoms with Crippen LogP contribution in [0.1, 0.15) is 10.4 Å². The number of thioether (sulfide) groups is 1. The smallest absolute Gasteiger partial charge is 0.339 e. The van der Waals surface area contributed by atoms with Crippen LogP contribution in [-0.2, 0) is 10.0 Å². The SMILES string of the molecule is CSCCNS(=O)(=O)c1ccc(O)c(C(=O)O)c1. The van der Waals surface area contributed by atoms with Gasteiger partial charge in [-0.3, -0.25) is 0 Å². The average molecular weight is 291 g/mol. The summed E-state index contributed by atoms with van der Waals surface area (Å²) >= 11 is 1.49. The van der Waals surface area contributed by atoms with Gasteiger partial charge in [-0.25, -0.2) is 17.9 Å². The fourth-order valence-corrected chi connectivity index (χ4v) is 2.71. The number of aromatic hydroxyl groups is 1. The quantitative estimate of drug-likeness (QED) is 0.668. The van der Waals surface area contributed by atoms with E-state index in [1.54, 1.807) is 0 Å². The van der Waals surface area contributed by atoms with Gasteiger partial charge in [-0.15, -0.1) is 0 Å². The first-order valence-electron chi connectivity index (χ1n) is 4.93. The Kier molecular flexibility index (Phi) is 5.00. The predicted molar refractivity (Wildman–Crippen MR) is 68.6 cm³/mol. The standard InChI is InChI=1S/C10H13NO5S2/c1-17-5-4-11-18(15,16)7-2-3-9(12)8(6-7)10(13)14/h2-3,6,11-12H,4-5H2,1H3,(H,13,14). The molecular weight excluding hydrogens is 278 g/mol. The van der Waals surface area contributed by atoms with E-state index < -0.39 is 27.3 Å². The van der Waals surface area contributed by atoms with Gasteiger partial charge in [0.1, 0.15) is 11.3 Å². The van der Waals surface area contributed by atoms with Crippen molar-refractivity contribution in [2.24, 2.45) is 0 Å². The second-order valence-corrected chi connectivity index (χ2v) is 6.13. The van der Waals surface area contributed by atoms with Crippen LogP contribution in [0.5, 0.6) is 5.75 Å². The zero-order chi connectivity index (χ0) is 13.8. The highest BCUT2D eigenvalue weighted by Gasteiger charge is 2.18. The van der Waals surface area contributed by atoms with Crippen molar-refractivity contribution < 1.29 is 23.4 Å². The van der Waals surface area contributed by atoms with Crippen LogP contribution in [-0.4, -0.2) is 43.2 Å². The Morgan fingerprint density at radius 1 is 1.44 bits per heavy atom. The highest BCUT2D eigenvalue weighted by atomic mass is 32.2. The van der Waals surface area contributed by atoms with Crippen LogP contribution in [0.3, 0.4) is 0 Å². The van der Waals surface area contributed by atoms with Crippen molar-refractivity contribution in [2.75, 3.05) is 18.6 Å². The van der Waals surface area contributed by atoms with E-state index in [2.05, 4.69) is 4.72 Å². The molecule has 100 valence electrons. The van der Waals surface area contributed by atoms with E-state index >= 15 is 0 Å². The van der Waals surface area contributed by atoms with Gasteiger partial charge in [0.2, 0.25) is 10.0 Å². The zero-order valence-corrected chi connectivity index (χ0v) is 11.2. The van der Waals surface area contributed by atoms with Crippen molar-refractivity contribution in [1.29, 1.82) is 0 Å². The molecule has 0 bridgehead atoms.